The minimum Gasteiger partial charge on any atom is -0.332 e. The van der Waals surface area contributed by atoms with E-state index in [4.69, 9.17) is 0 Å². The van der Waals surface area contributed by atoms with Gasteiger partial charge in [0.05, 0.1) is 0 Å². The topological polar surface area (TPSA) is 40.6 Å². The predicted molar refractivity (Wildman–Crippen MR) is 75.1 cm³/mol. The molecule has 0 aromatic heterocycles. The third-order valence-electron chi connectivity index (χ3n) is 3.54. The standard InChI is InChI=1S/C15H20N2O2/c1-11(2)13-4-6-14(7-5-13)17-9-8-16(12(3)18)10-15(17)19/h4-7,11H,8-10H2,1-3H3. The average Bonchev–Trinajstić information content (AvgIpc) is 2.38. The summed E-state index contributed by atoms with van der Waals surface area (Å²) in [6, 6.07) is 8.09. The molecule has 0 radical (unpaired) electrons. The fourth-order valence-electron chi connectivity index (χ4n) is 2.25. The molecule has 2 rings (SSSR count). The number of carbonyl (C=O) groups is 2. The monoisotopic (exact) mass is 260 g/mol. The Kier molecular flexibility index (Phi) is 3.88. The largest absolute Gasteiger partial charge is 0.332 e. The second kappa shape index (κ2) is 5.43. The fraction of sp³-hybridized carbons (Fsp3) is 0.467. The average molecular weight is 260 g/mol. The number of nitrogens with zero attached hydrogens (tertiary/aromatic N) is 2. The Labute approximate surface area is 114 Å². The van der Waals surface area contributed by atoms with Crippen molar-refractivity contribution in [1.29, 1.82) is 0 Å². The minimum atomic E-state index is -0.0387. The summed E-state index contributed by atoms with van der Waals surface area (Å²) in [4.78, 5) is 26.7. The second-order valence-corrected chi connectivity index (χ2v) is 5.23. The van der Waals surface area contributed by atoms with Crippen LogP contribution in [0.4, 0.5) is 5.69 Å². The van der Waals surface area contributed by atoms with E-state index >= 15 is 0 Å². The molecule has 2 amide bonds. The lowest BCUT2D eigenvalue weighted by Crippen LogP contribution is -2.51. The van der Waals surface area contributed by atoms with E-state index in [2.05, 4.69) is 26.0 Å². The van der Waals surface area contributed by atoms with Crippen molar-refractivity contribution in [2.75, 3.05) is 24.5 Å². The molecule has 1 saturated heterocycles. The van der Waals surface area contributed by atoms with Gasteiger partial charge in [-0.25, -0.2) is 0 Å². The van der Waals surface area contributed by atoms with E-state index in [1.54, 1.807) is 9.80 Å². The molecule has 1 aromatic rings. The third kappa shape index (κ3) is 2.95. The van der Waals surface area contributed by atoms with Crippen molar-refractivity contribution in [1.82, 2.24) is 4.90 Å². The molecule has 1 aliphatic rings. The van der Waals surface area contributed by atoms with E-state index < -0.39 is 0 Å². The van der Waals surface area contributed by atoms with Crippen LogP contribution < -0.4 is 4.90 Å². The first-order chi connectivity index (χ1) is 8.99. The Balaban J connectivity index is 2.11. The lowest BCUT2D eigenvalue weighted by molar-refractivity contribution is -0.135. The van der Waals surface area contributed by atoms with Gasteiger partial charge in [-0.05, 0) is 23.6 Å². The lowest BCUT2D eigenvalue weighted by Gasteiger charge is -2.33. The van der Waals surface area contributed by atoms with Crippen LogP contribution in [-0.4, -0.2) is 36.3 Å². The zero-order chi connectivity index (χ0) is 14.0. The van der Waals surface area contributed by atoms with Gasteiger partial charge in [0, 0.05) is 25.7 Å². The maximum Gasteiger partial charge on any atom is 0.246 e. The van der Waals surface area contributed by atoms with Crippen molar-refractivity contribution in [2.45, 2.75) is 26.7 Å². The number of rotatable bonds is 2. The van der Waals surface area contributed by atoms with Crippen molar-refractivity contribution in [3.05, 3.63) is 29.8 Å². The third-order valence-corrected chi connectivity index (χ3v) is 3.54. The number of anilines is 1. The Hall–Kier alpha value is -1.84. The number of amides is 2. The highest BCUT2D eigenvalue weighted by Gasteiger charge is 2.26. The molecule has 1 aromatic carbocycles. The lowest BCUT2D eigenvalue weighted by atomic mass is 10.0. The highest BCUT2D eigenvalue weighted by Crippen LogP contribution is 2.21. The molecule has 1 fully saturated rings. The maximum absolute atomic E-state index is 12.1. The van der Waals surface area contributed by atoms with E-state index in [0.717, 1.165) is 5.69 Å². The molecule has 1 aliphatic heterocycles. The molecular formula is C15H20N2O2. The number of carbonyl (C=O) groups excluding carboxylic acids is 2. The first kappa shape index (κ1) is 13.6. The van der Waals surface area contributed by atoms with Gasteiger partial charge < -0.3 is 9.80 Å². The molecule has 0 N–H and O–H groups in total. The highest BCUT2D eigenvalue weighted by atomic mass is 16.2. The van der Waals surface area contributed by atoms with Crippen LogP contribution in [-0.2, 0) is 9.59 Å². The van der Waals surface area contributed by atoms with Crippen LogP contribution in [0.2, 0.25) is 0 Å². The molecule has 102 valence electrons. The first-order valence-electron chi connectivity index (χ1n) is 6.65. The van der Waals surface area contributed by atoms with Gasteiger partial charge in [-0.2, -0.15) is 0 Å². The summed E-state index contributed by atoms with van der Waals surface area (Å²) >= 11 is 0. The first-order valence-corrected chi connectivity index (χ1v) is 6.65. The quantitative estimate of drug-likeness (QED) is 0.816. The molecule has 0 atom stereocenters. The Morgan fingerprint density at radius 2 is 1.79 bits per heavy atom. The molecule has 4 heteroatoms. The molecule has 19 heavy (non-hydrogen) atoms. The van der Waals surface area contributed by atoms with E-state index in [-0.39, 0.29) is 18.4 Å². The summed E-state index contributed by atoms with van der Waals surface area (Å²) in [7, 11) is 0. The summed E-state index contributed by atoms with van der Waals surface area (Å²) in [5.41, 5.74) is 2.18. The van der Waals surface area contributed by atoms with Crippen molar-refractivity contribution >= 4 is 17.5 Å². The predicted octanol–water partition coefficient (Wildman–Crippen LogP) is 2.01. The summed E-state index contributed by atoms with van der Waals surface area (Å²) in [5, 5.41) is 0. The van der Waals surface area contributed by atoms with Gasteiger partial charge in [0.1, 0.15) is 6.54 Å². The van der Waals surface area contributed by atoms with Crippen LogP contribution in [0.25, 0.3) is 0 Å². The zero-order valence-corrected chi connectivity index (χ0v) is 11.7. The van der Waals surface area contributed by atoms with E-state index in [9.17, 15) is 9.59 Å². The smallest absolute Gasteiger partial charge is 0.246 e. The molecule has 0 saturated carbocycles. The SMILES string of the molecule is CC(=O)N1CCN(c2ccc(C(C)C)cc2)C(=O)C1. The fourth-order valence-corrected chi connectivity index (χ4v) is 2.25. The van der Waals surface area contributed by atoms with Gasteiger partial charge in [0.2, 0.25) is 11.8 Å². The number of hydrogen-bond acceptors (Lipinski definition) is 2. The summed E-state index contributed by atoms with van der Waals surface area (Å²) in [6.45, 7) is 7.14. The Morgan fingerprint density at radius 1 is 1.16 bits per heavy atom. The van der Waals surface area contributed by atoms with Crippen molar-refractivity contribution in [2.24, 2.45) is 0 Å². The Morgan fingerprint density at radius 3 is 2.26 bits per heavy atom. The van der Waals surface area contributed by atoms with Crippen molar-refractivity contribution in [3.63, 3.8) is 0 Å². The number of benzene rings is 1. The van der Waals surface area contributed by atoms with Gasteiger partial charge in [0.25, 0.3) is 0 Å². The number of piperazine rings is 1. The van der Waals surface area contributed by atoms with Crippen LogP contribution >= 0.6 is 0 Å². The van der Waals surface area contributed by atoms with Crippen molar-refractivity contribution in [3.8, 4) is 0 Å². The van der Waals surface area contributed by atoms with E-state index in [1.165, 1.54) is 12.5 Å². The van der Waals surface area contributed by atoms with Crippen LogP contribution in [0.15, 0.2) is 24.3 Å². The molecule has 1 heterocycles. The summed E-state index contributed by atoms with van der Waals surface area (Å²) in [6.07, 6.45) is 0. The zero-order valence-electron chi connectivity index (χ0n) is 11.7. The van der Waals surface area contributed by atoms with Crippen molar-refractivity contribution < 1.29 is 9.59 Å². The molecule has 0 aliphatic carbocycles. The molecular weight excluding hydrogens is 240 g/mol. The summed E-state index contributed by atoms with van der Waals surface area (Å²) < 4.78 is 0. The number of hydrogen-bond donors (Lipinski definition) is 0. The van der Waals surface area contributed by atoms with Gasteiger partial charge in [0.15, 0.2) is 0 Å². The van der Waals surface area contributed by atoms with E-state index in [0.29, 0.717) is 19.0 Å². The molecule has 4 nitrogen and oxygen atoms in total. The maximum atomic E-state index is 12.1. The second-order valence-electron chi connectivity index (χ2n) is 5.23. The summed E-state index contributed by atoms with van der Waals surface area (Å²) in [5.74, 6) is 0.432. The normalized spacial score (nSPS) is 16.1. The highest BCUT2D eigenvalue weighted by molar-refractivity contribution is 5.97. The Bertz CT molecular complexity index is 479. The molecule has 0 unspecified atom stereocenters. The van der Waals surface area contributed by atoms with Gasteiger partial charge in [-0.15, -0.1) is 0 Å². The van der Waals surface area contributed by atoms with Crippen LogP contribution in [0.3, 0.4) is 0 Å². The van der Waals surface area contributed by atoms with Gasteiger partial charge >= 0.3 is 0 Å². The van der Waals surface area contributed by atoms with Gasteiger partial charge in [-0.1, -0.05) is 26.0 Å². The van der Waals surface area contributed by atoms with E-state index in [1.807, 2.05) is 12.1 Å². The van der Waals surface area contributed by atoms with Crippen LogP contribution in [0, 0.1) is 0 Å². The van der Waals surface area contributed by atoms with Crippen LogP contribution in [0.1, 0.15) is 32.3 Å². The van der Waals surface area contributed by atoms with Crippen LogP contribution in [0.5, 0.6) is 0 Å². The minimum absolute atomic E-state index is 0.0150. The molecule has 0 bridgehead atoms. The van der Waals surface area contributed by atoms with Gasteiger partial charge in [-0.3, -0.25) is 9.59 Å². The molecule has 0 spiro atoms.